The van der Waals surface area contributed by atoms with E-state index in [1.54, 1.807) is 0 Å². The van der Waals surface area contributed by atoms with E-state index in [4.69, 9.17) is 9.47 Å². The molecule has 0 atom stereocenters. The van der Waals surface area contributed by atoms with Crippen molar-refractivity contribution in [3.8, 4) is 16.9 Å². The zero-order chi connectivity index (χ0) is 17.6. The highest BCUT2D eigenvalue weighted by Gasteiger charge is 2.15. The molecule has 0 aliphatic carbocycles. The summed E-state index contributed by atoms with van der Waals surface area (Å²) in [7, 11) is 0. The fourth-order valence-electron chi connectivity index (χ4n) is 2.12. The molecule has 2 aromatic rings. The quantitative estimate of drug-likeness (QED) is 0.727. The Morgan fingerprint density at radius 3 is 2.33 bits per heavy atom. The van der Waals surface area contributed by atoms with Crippen molar-refractivity contribution < 1.29 is 14.3 Å². The lowest BCUT2D eigenvalue weighted by Gasteiger charge is -2.19. The van der Waals surface area contributed by atoms with E-state index in [1.807, 2.05) is 69.3 Å². The standard InChI is InChI=1S/C19H22BrNO3/c1-19(2,3)24-18(22)21-12-13-23-17-11-7-5-9-15(17)14-8-4-6-10-16(14)20/h4-11H,12-13H2,1-3H3,(H,21,22). The van der Waals surface area contributed by atoms with Crippen LogP contribution in [0.25, 0.3) is 11.1 Å². The van der Waals surface area contributed by atoms with Crippen LogP contribution in [0.5, 0.6) is 5.75 Å². The number of hydrogen-bond acceptors (Lipinski definition) is 3. The molecule has 128 valence electrons. The molecule has 0 unspecified atom stereocenters. The van der Waals surface area contributed by atoms with Crippen LogP contribution in [-0.4, -0.2) is 24.8 Å². The van der Waals surface area contributed by atoms with Crippen LogP contribution in [0.4, 0.5) is 4.79 Å². The smallest absolute Gasteiger partial charge is 0.407 e. The zero-order valence-electron chi connectivity index (χ0n) is 14.1. The third-order valence-electron chi connectivity index (χ3n) is 3.08. The number of nitrogens with one attached hydrogen (secondary N) is 1. The number of halogens is 1. The van der Waals surface area contributed by atoms with Gasteiger partial charge in [0.25, 0.3) is 0 Å². The van der Waals surface area contributed by atoms with Crippen LogP contribution >= 0.6 is 15.9 Å². The Balaban J connectivity index is 1.95. The maximum Gasteiger partial charge on any atom is 0.407 e. The Morgan fingerprint density at radius 1 is 1.04 bits per heavy atom. The first-order valence-corrected chi connectivity index (χ1v) is 8.60. The van der Waals surface area contributed by atoms with E-state index in [9.17, 15) is 4.79 Å². The highest BCUT2D eigenvalue weighted by molar-refractivity contribution is 9.10. The molecular formula is C19H22BrNO3. The maximum absolute atomic E-state index is 11.6. The predicted octanol–water partition coefficient (Wildman–Crippen LogP) is 5.02. The van der Waals surface area contributed by atoms with Gasteiger partial charge in [0.05, 0.1) is 6.54 Å². The van der Waals surface area contributed by atoms with Gasteiger partial charge in [-0.25, -0.2) is 4.79 Å². The van der Waals surface area contributed by atoms with Crippen LogP contribution in [0.1, 0.15) is 20.8 Å². The van der Waals surface area contributed by atoms with Crippen molar-refractivity contribution >= 4 is 22.0 Å². The van der Waals surface area contributed by atoms with Gasteiger partial charge < -0.3 is 14.8 Å². The molecule has 0 spiro atoms. The van der Waals surface area contributed by atoms with Crippen molar-refractivity contribution in [2.75, 3.05) is 13.2 Å². The van der Waals surface area contributed by atoms with Gasteiger partial charge in [0.1, 0.15) is 18.0 Å². The van der Waals surface area contributed by atoms with Crippen molar-refractivity contribution in [1.29, 1.82) is 0 Å². The van der Waals surface area contributed by atoms with E-state index in [-0.39, 0.29) is 0 Å². The molecule has 1 N–H and O–H groups in total. The highest BCUT2D eigenvalue weighted by atomic mass is 79.9. The number of ether oxygens (including phenoxy) is 2. The van der Waals surface area contributed by atoms with Crippen LogP contribution in [0.2, 0.25) is 0 Å². The second-order valence-corrected chi connectivity index (χ2v) is 7.11. The van der Waals surface area contributed by atoms with Crippen molar-refractivity contribution in [2.24, 2.45) is 0 Å². The fourth-order valence-corrected chi connectivity index (χ4v) is 2.62. The van der Waals surface area contributed by atoms with E-state index in [0.717, 1.165) is 21.3 Å². The topological polar surface area (TPSA) is 47.6 Å². The van der Waals surface area contributed by atoms with E-state index in [2.05, 4.69) is 21.2 Å². The van der Waals surface area contributed by atoms with E-state index in [0.29, 0.717) is 13.2 Å². The van der Waals surface area contributed by atoms with Gasteiger partial charge in [-0.05, 0) is 38.5 Å². The third kappa shape index (κ3) is 5.57. The molecule has 0 fully saturated rings. The van der Waals surface area contributed by atoms with E-state index < -0.39 is 11.7 Å². The van der Waals surface area contributed by atoms with Crippen molar-refractivity contribution in [1.82, 2.24) is 5.32 Å². The largest absolute Gasteiger partial charge is 0.491 e. The lowest BCUT2D eigenvalue weighted by molar-refractivity contribution is 0.0520. The summed E-state index contributed by atoms with van der Waals surface area (Å²) in [5.74, 6) is 0.774. The predicted molar refractivity (Wildman–Crippen MR) is 99.3 cm³/mol. The van der Waals surface area contributed by atoms with Gasteiger partial charge in [0, 0.05) is 10.0 Å². The molecule has 5 heteroatoms. The second-order valence-electron chi connectivity index (χ2n) is 6.25. The molecule has 2 aromatic carbocycles. The summed E-state index contributed by atoms with van der Waals surface area (Å²) in [6.07, 6.45) is -0.440. The molecule has 0 radical (unpaired) electrons. The molecule has 24 heavy (non-hydrogen) atoms. The number of hydrogen-bond donors (Lipinski definition) is 1. The Bertz CT molecular complexity index is 695. The lowest BCUT2D eigenvalue weighted by Crippen LogP contribution is -2.34. The van der Waals surface area contributed by atoms with Crippen molar-refractivity contribution in [3.05, 3.63) is 53.0 Å². The summed E-state index contributed by atoms with van der Waals surface area (Å²) >= 11 is 3.57. The average molecular weight is 392 g/mol. The first-order valence-electron chi connectivity index (χ1n) is 7.80. The monoisotopic (exact) mass is 391 g/mol. The first-order chi connectivity index (χ1) is 11.4. The number of para-hydroxylation sites is 1. The summed E-state index contributed by atoms with van der Waals surface area (Å²) in [5.41, 5.74) is 1.56. The molecule has 0 aliphatic heterocycles. The molecule has 0 bridgehead atoms. The van der Waals surface area contributed by atoms with Crippen LogP contribution in [0.3, 0.4) is 0 Å². The van der Waals surface area contributed by atoms with Gasteiger partial charge in [-0.15, -0.1) is 0 Å². The summed E-state index contributed by atoms with van der Waals surface area (Å²) < 4.78 is 12.0. The number of carbonyl (C=O) groups is 1. The molecule has 0 aliphatic rings. The molecule has 0 aromatic heterocycles. The number of rotatable bonds is 5. The summed E-state index contributed by atoms with van der Waals surface area (Å²) in [5, 5.41) is 2.68. The summed E-state index contributed by atoms with van der Waals surface area (Å²) in [4.78, 5) is 11.6. The average Bonchev–Trinajstić information content (AvgIpc) is 2.51. The van der Waals surface area contributed by atoms with Gasteiger partial charge in [-0.3, -0.25) is 0 Å². The lowest BCUT2D eigenvalue weighted by atomic mass is 10.1. The number of alkyl carbamates (subject to hydrolysis) is 1. The molecular weight excluding hydrogens is 370 g/mol. The third-order valence-corrected chi connectivity index (χ3v) is 3.77. The van der Waals surface area contributed by atoms with Gasteiger partial charge in [0.2, 0.25) is 0 Å². The minimum atomic E-state index is -0.503. The van der Waals surface area contributed by atoms with Gasteiger partial charge in [-0.2, -0.15) is 0 Å². The van der Waals surface area contributed by atoms with Crippen LogP contribution in [0, 0.1) is 0 Å². The number of benzene rings is 2. The van der Waals surface area contributed by atoms with Crippen LogP contribution < -0.4 is 10.1 Å². The SMILES string of the molecule is CC(C)(C)OC(=O)NCCOc1ccccc1-c1ccccc1Br. The molecule has 1 amide bonds. The first kappa shape index (κ1) is 18.3. The van der Waals surface area contributed by atoms with Crippen LogP contribution in [0.15, 0.2) is 53.0 Å². The minimum Gasteiger partial charge on any atom is -0.491 e. The Morgan fingerprint density at radius 2 is 1.67 bits per heavy atom. The molecule has 2 rings (SSSR count). The summed E-state index contributed by atoms with van der Waals surface area (Å²) in [6.45, 7) is 6.23. The minimum absolute atomic E-state index is 0.362. The van der Waals surface area contributed by atoms with Gasteiger partial charge in [-0.1, -0.05) is 52.3 Å². The Kier molecular flexibility index (Phi) is 6.26. The second kappa shape index (κ2) is 8.20. The molecule has 0 heterocycles. The van der Waals surface area contributed by atoms with E-state index in [1.165, 1.54) is 0 Å². The molecule has 0 saturated heterocycles. The van der Waals surface area contributed by atoms with Gasteiger partial charge in [0.15, 0.2) is 0 Å². The highest BCUT2D eigenvalue weighted by Crippen LogP contribution is 2.34. The zero-order valence-corrected chi connectivity index (χ0v) is 15.7. The number of amides is 1. The Hall–Kier alpha value is -2.01. The molecule has 4 nitrogen and oxygen atoms in total. The normalized spacial score (nSPS) is 11.0. The number of carbonyl (C=O) groups excluding carboxylic acids is 1. The van der Waals surface area contributed by atoms with Gasteiger partial charge >= 0.3 is 6.09 Å². The fraction of sp³-hybridized carbons (Fsp3) is 0.316. The maximum atomic E-state index is 11.6. The molecule has 0 saturated carbocycles. The van der Waals surface area contributed by atoms with E-state index >= 15 is 0 Å². The van der Waals surface area contributed by atoms with Crippen LogP contribution in [-0.2, 0) is 4.74 Å². The van der Waals surface area contributed by atoms with Crippen molar-refractivity contribution in [2.45, 2.75) is 26.4 Å². The Labute approximate surface area is 151 Å². The van der Waals surface area contributed by atoms with Crippen molar-refractivity contribution in [3.63, 3.8) is 0 Å². The summed E-state index contributed by atoms with van der Waals surface area (Å²) in [6, 6.07) is 15.8.